The maximum atomic E-state index is 12.7. The summed E-state index contributed by atoms with van der Waals surface area (Å²) >= 11 is 6.12. The van der Waals surface area contributed by atoms with Gasteiger partial charge in [0.05, 0.1) is 12.8 Å². The van der Waals surface area contributed by atoms with Crippen LogP contribution >= 0.6 is 11.6 Å². The summed E-state index contributed by atoms with van der Waals surface area (Å²) in [6.45, 7) is 6.66. The zero-order chi connectivity index (χ0) is 19.3. The zero-order valence-corrected chi connectivity index (χ0v) is 16.6. The third-order valence-electron chi connectivity index (χ3n) is 4.02. The van der Waals surface area contributed by atoms with Crippen molar-refractivity contribution in [2.24, 2.45) is 0 Å². The Balaban J connectivity index is 2.27. The molecule has 0 fully saturated rings. The van der Waals surface area contributed by atoms with E-state index in [0.29, 0.717) is 28.0 Å². The highest BCUT2D eigenvalue weighted by atomic mass is 35.5. The number of nitrogens with zero attached hydrogens (tertiary/aromatic N) is 3. The predicted molar refractivity (Wildman–Crippen MR) is 106 cm³/mol. The molecule has 2 aromatic rings. The Hall–Kier alpha value is -2.34. The number of unbranched alkanes of at least 4 members (excludes halogenated alkanes) is 1. The Kier molecular flexibility index (Phi) is 6.80. The van der Waals surface area contributed by atoms with Crippen molar-refractivity contribution >= 4 is 29.0 Å². The van der Waals surface area contributed by atoms with Gasteiger partial charge in [0.2, 0.25) is 0 Å². The van der Waals surface area contributed by atoms with E-state index < -0.39 is 0 Å². The molecule has 1 amide bonds. The van der Waals surface area contributed by atoms with Crippen LogP contribution in [0.15, 0.2) is 18.2 Å². The summed E-state index contributed by atoms with van der Waals surface area (Å²) in [5, 5.41) is 3.43. The molecule has 6 nitrogen and oxygen atoms in total. The smallest absolute Gasteiger partial charge is 0.274 e. The van der Waals surface area contributed by atoms with Crippen molar-refractivity contribution in [3.05, 3.63) is 40.3 Å². The van der Waals surface area contributed by atoms with E-state index in [1.165, 1.54) is 7.11 Å². The molecule has 26 heavy (non-hydrogen) atoms. The Morgan fingerprint density at radius 2 is 2.00 bits per heavy atom. The van der Waals surface area contributed by atoms with Gasteiger partial charge in [-0.05, 0) is 31.9 Å². The van der Waals surface area contributed by atoms with Crippen molar-refractivity contribution < 1.29 is 9.53 Å². The lowest BCUT2D eigenvalue weighted by Crippen LogP contribution is -2.22. The lowest BCUT2D eigenvalue weighted by atomic mass is 10.2. The average molecular weight is 377 g/mol. The second kappa shape index (κ2) is 8.85. The number of halogens is 1. The molecule has 1 heterocycles. The highest BCUT2D eigenvalue weighted by molar-refractivity contribution is 6.31. The van der Waals surface area contributed by atoms with Gasteiger partial charge in [0.1, 0.15) is 23.1 Å². The van der Waals surface area contributed by atoms with Gasteiger partial charge < -0.3 is 15.0 Å². The molecule has 0 saturated heterocycles. The number of methoxy groups -OCH3 is 1. The van der Waals surface area contributed by atoms with Crippen LogP contribution in [0.2, 0.25) is 5.02 Å². The first-order chi connectivity index (χ1) is 12.3. The standard InChI is InChI=1S/C19H25ClN4O2/c1-6-7-8-24(4)18-11-16(21-13(3)22-18)19(25)23-15-9-12(2)14(20)10-17(15)26-5/h9-11H,6-8H2,1-5H3,(H,23,25). The number of carbonyl (C=O) groups excluding carboxylic acids is 1. The van der Waals surface area contributed by atoms with Crippen molar-refractivity contribution in [2.75, 3.05) is 30.9 Å². The van der Waals surface area contributed by atoms with E-state index in [1.807, 2.05) is 18.9 Å². The number of ether oxygens (including phenoxy) is 1. The van der Waals surface area contributed by atoms with Crippen LogP contribution in [-0.2, 0) is 0 Å². The first-order valence-corrected chi connectivity index (χ1v) is 8.95. The number of nitrogens with one attached hydrogen (secondary N) is 1. The third-order valence-corrected chi connectivity index (χ3v) is 4.43. The first kappa shape index (κ1) is 20.0. The molecule has 0 atom stereocenters. The van der Waals surface area contributed by atoms with E-state index in [1.54, 1.807) is 25.1 Å². The molecular formula is C19H25ClN4O2. The fraction of sp³-hybridized carbons (Fsp3) is 0.421. The number of anilines is 2. The summed E-state index contributed by atoms with van der Waals surface area (Å²) in [6.07, 6.45) is 2.15. The molecule has 0 unspecified atom stereocenters. The summed E-state index contributed by atoms with van der Waals surface area (Å²) in [4.78, 5) is 23.4. The number of hydrogen-bond donors (Lipinski definition) is 1. The summed E-state index contributed by atoms with van der Waals surface area (Å²) in [6, 6.07) is 5.16. The van der Waals surface area contributed by atoms with Gasteiger partial charge in [-0.2, -0.15) is 0 Å². The minimum atomic E-state index is -0.319. The number of aromatic nitrogens is 2. The maximum absolute atomic E-state index is 12.7. The van der Waals surface area contributed by atoms with Crippen LogP contribution in [0.5, 0.6) is 5.75 Å². The molecule has 1 aromatic carbocycles. The third kappa shape index (κ3) is 4.85. The van der Waals surface area contributed by atoms with E-state index in [0.717, 1.165) is 30.8 Å². The first-order valence-electron chi connectivity index (χ1n) is 8.58. The van der Waals surface area contributed by atoms with E-state index in [-0.39, 0.29) is 5.91 Å². The van der Waals surface area contributed by atoms with Gasteiger partial charge in [0.25, 0.3) is 5.91 Å². The van der Waals surface area contributed by atoms with Crippen molar-refractivity contribution in [2.45, 2.75) is 33.6 Å². The van der Waals surface area contributed by atoms with E-state index in [4.69, 9.17) is 16.3 Å². The number of hydrogen-bond acceptors (Lipinski definition) is 5. The molecule has 0 bridgehead atoms. The quantitative estimate of drug-likeness (QED) is 0.782. The molecule has 140 valence electrons. The number of aryl methyl sites for hydroxylation is 2. The average Bonchev–Trinajstić information content (AvgIpc) is 2.61. The van der Waals surface area contributed by atoms with Gasteiger partial charge in [-0.15, -0.1) is 0 Å². The van der Waals surface area contributed by atoms with Crippen LogP contribution in [0, 0.1) is 13.8 Å². The normalized spacial score (nSPS) is 10.5. The molecule has 0 saturated carbocycles. The van der Waals surface area contributed by atoms with Gasteiger partial charge in [-0.25, -0.2) is 9.97 Å². The molecule has 1 aromatic heterocycles. The van der Waals surface area contributed by atoms with Crippen molar-refractivity contribution in [1.82, 2.24) is 9.97 Å². The molecule has 2 rings (SSSR count). The van der Waals surface area contributed by atoms with Crippen LogP contribution < -0.4 is 15.0 Å². The van der Waals surface area contributed by atoms with Gasteiger partial charge >= 0.3 is 0 Å². The number of carbonyl (C=O) groups is 1. The Bertz CT molecular complexity index is 795. The summed E-state index contributed by atoms with van der Waals surface area (Å²) in [5.74, 6) is 1.46. The van der Waals surface area contributed by atoms with Gasteiger partial charge in [0, 0.05) is 30.7 Å². The van der Waals surface area contributed by atoms with Crippen molar-refractivity contribution in [3.63, 3.8) is 0 Å². The fourth-order valence-electron chi connectivity index (χ4n) is 2.49. The van der Waals surface area contributed by atoms with Crippen LogP contribution in [0.25, 0.3) is 0 Å². The van der Waals surface area contributed by atoms with Crippen LogP contribution in [-0.4, -0.2) is 36.6 Å². The minimum absolute atomic E-state index is 0.311. The van der Waals surface area contributed by atoms with Crippen LogP contribution in [0.1, 0.15) is 41.6 Å². The van der Waals surface area contributed by atoms with Gasteiger partial charge in [-0.1, -0.05) is 24.9 Å². The largest absolute Gasteiger partial charge is 0.495 e. The minimum Gasteiger partial charge on any atom is -0.495 e. The maximum Gasteiger partial charge on any atom is 0.274 e. The Labute approximate surface area is 159 Å². The summed E-state index contributed by atoms with van der Waals surface area (Å²) in [7, 11) is 3.50. The zero-order valence-electron chi connectivity index (χ0n) is 15.9. The molecule has 0 aliphatic carbocycles. The second-order valence-electron chi connectivity index (χ2n) is 6.19. The number of amides is 1. The SMILES string of the molecule is CCCCN(C)c1cc(C(=O)Nc2cc(C)c(Cl)cc2OC)nc(C)n1. The van der Waals surface area contributed by atoms with Crippen LogP contribution in [0.3, 0.4) is 0 Å². The summed E-state index contributed by atoms with van der Waals surface area (Å²) in [5.41, 5.74) is 1.71. The van der Waals surface area contributed by atoms with Crippen molar-refractivity contribution in [1.29, 1.82) is 0 Å². The van der Waals surface area contributed by atoms with Crippen LogP contribution in [0.4, 0.5) is 11.5 Å². The molecule has 0 spiro atoms. The molecule has 7 heteroatoms. The van der Waals surface area contributed by atoms with E-state index in [2.05, 4.69) is 22.2 Å². The molecule has 0 aliphatic heterocycles. The highest BCUT2D eigenvalue weighted by Gasteiger charge is 2.16. The van der Waals surface area contributed by atoms with E-state index in [9.17, 15) is 4.79 Å². The fourth-order valence-corrected chi connectivity index (χ4v) is 2.64. The lowest BCUT2D eigenvalue weighted by Gasteiger charge is -2.19. The monoisotopic (exact) mass is 376 g/mol. The topological polar surface area (TPSA) is 67.4 Å². The van der Waals surface area contributed by atoms with Gasteiger partial charge in [-0.3, -0.25) is 4.79 Å². The Morgan fingerprint density at radius 1 is 1.27 bits per heavy atom. The molecule has 1 N–H and O–H groups in total. The number of rotatable bonds is 7. The van der Waals surface area contributed by atoms with E-state index >= 15 is 0 Å². The molecular weight excluding hydrogens is 352 g/mol. The lowest BCUT2D eigenvalue weighted by molar-refractivity contribution is 0.102. The second-order valence-corrected chi connectivity index (χ2v) is 6.60. The van der Waals surface area contributed by atoms with Gasteiger partial charge in [0.15, 0.2) is 0 Å². The predicted octanol–water partition coefficient (Wildman–Crippen LogP) is 4.24. The number of benzene rings is 1. The highest BCUT2D eigenvalue weighted by Crippen LogP contribution is 2.31. The molecule has 0 aliphatic rings. The Morgan fingerprint density at radius 3 is 2.65 bits per heavy atom. The molecule has 0 radical (unpaired) electrons. The van der Waals surface area contributed by atoms with Crippen molar-refractivity contribution in [3.8, 4) is 5.75 Å². The summed E-state index contributed by atoms with van der Waals surface area (Å²) < 4.78 is 5.31.